The molecule has 3 heteroatoms. The molecule has 0 spiro atoms. The van der Waals surface area contributed by atoms with Crippen LogP contribution in [0.2, 0.25) is 0 Å². The van der Waals surface area contributed by atoms with Crippen molar-refractivity contribution in [3.8, 4) is 6.07 Å². The second-order valence-corrected chi connectivity index (χ2v) is 2.80. The van der Waals surface area contributed by atoms with Gasteiger partial charge in [0, 0.05) is 0 Å². The predicted molar refractivity (Wildman–Crippen MR) is 68.0 cm³/mol. The van der Waals surface area contributed by atoms with E-state index < -0.39 is 5.97 Å². The molecular formula is C14H17NO2. The number of hydrogen-bond donors (Lipinski definition) is 0. The summed E-state index contributed by atoms with van der Waals surface area (Å²) in [7, 11) is 0. The van der Waals surface area contributed by atoms with Crippen LogP contribution in [0, 0.1) is 11.3 Å². The lowest BCUT2D eigenvalue weighted by Crippen LogP contribution is -2.05. The first-order valence-corrected chi connectivity index (χ1v) is 5.62. The summed E-state index contributed by atoms with van der Waals surface area (Å²) in [6.45, 7) is 5.97. The molecule has 17 heavy (non-hydrogen) atoms. The summed E-state index contributed by atoms with van der Waals surface area (Å²) in [5.74, 6) is -0.580. The molecule has 1 rings (SSSR count). The zero-order valence-corrected chi connectivity index (χ0v) is 10.4. The highest BCUT2D eigenvalue weighted by molar-refractivity contribution is 5.97. The van der Waals surface area contributed by atoms with Crippen LogP contribution in [0.25, 0.3) is 6.08 Å². The number of hydrogen-bond acceptors (Lipinski definition) is 3. The Hall–Kier alpha value is -2.08. The summed E-state index contributed by atoms with van der Waals surface area (Å²) >= 11 is 0. The fraction of sp³-hybridized carbons (Fsp3) is 0.286. The predicted octanol–water partition coefficient (Wildman–Crippen LogP) is 3.18. The van der Waals surface area contributed by atoms with Gasteiger partial charge in [0.05, 0.1) is 6.61 Å². The Balaban J connectivity index is 0.00000121. The molecule has 0 aliphatic heterocycles. The average Bonchev–Trinajstić information content (AvgIpc) is 2.39. The lowest BCUT2D eigenvalue weighted by molar-refractivity contribution is -0.137. The van der Waals surface area contributed by atoms with Crippen LogP contribution in [-0.4, -0.2) is 12.6 Å². The normalized spacial score (nSPS) is 9.65. The van der Waals surface area contributed by atoms with Gasteiger partial charge in [-0.15, -0.1) is 0 Å². The molecule has 3 nitrogen and oxygen atoms in total. The van der Waals surface area contributed by atoms with Crippen molar-refractivity contribution in [1.29, 1.82) is 5.26 Å². The van der Waals surface area contributed by atoms with Gasteiger partial charge in [-0.3, -0.25) is 0 Å². The van der Waals surface area contributed by atoms with Crippen LogP contribution < -0.4 is 0 Å². The largest absolute Gasteiger partial charge is 0.462 e. The van der Waals surface area contributed by atoms with Gasteiger partial charge in [0.1, 0.15) is 11.6 Å². The van der Waals surface area contributed by atoms with Gasteiger partial charge < -0.3 is 4.74 Å². The molecule has 0 amide bonds. The molecule has 0 aromatic heterocycles. The number of rotatable bonds is 3. The zero-order valence-electron chi connectivity index (χ0n) is 10.4. The van der Waals surface area contributed by atoms with Crippen molar-refractivity contribution >= 4 is 12.0 Å². The molecule has 0 fully saturated rings. The van der Waals surface area contributed by atoms with Crippen LogP contribution >= 0.6 is 0 Å². The third kappa shape index (κ3) is 5.53. The summed E-state index contributed by atoms with van der Waals surface area (Å²) < 4.78 is 4.74. The van der Waals surface area contributed by atoms with Gasteiger partial charge in [-0.05, 0) is 18.6 Å². The maximum Gasteiger partial charge on any atom is 0.348 e. The first-order chi connectivity index (χ1) is 8.27. The van der Waals surface area contributed by atoms with Crippen molar-refractivity contribution in [1.82, 2.24) is 0 Å². The van der Waals surface area contributed by atoms with Crippen LogP contribution in [0.1, 0.15) is 26.3 Å². The molecular weight excluding hydrogens is 214 g/mol. The molecule has 1 aromatic rings. The molecule has 0 heterocycles. The van der Waals surface area contributed by atoms with E-state index in [2.05, 4.69) is 0 Å². The van der Waals surface area contributed by atoms with E-state index in [1.54, 1.807) is 6.92 Å². The number of benzene rings is 1. The summed E-state index contributed by atoms with van der Waals surface area (Å²) in [6, 6.07) is 11.0. The molecule has 0 bridgehead atoms. The summed E-state index contributed by atoms with van der Waals surface area (Å²) in [5, 5.41) is 8.77. The van der Waals surface area contributed by atoms with Crippen LogP contribution in [0.15, 0.2) is 35.9 Å². The Kier molecular flexibility index (Phi) is 8.05. The van der Waals surface area contributed by atoms with Gasteiger partial charge in [0.15, 0.2) is 0 Å². The fourth-order valence-electron chi connectivity index (χ4n) is 1.06. The molecule has 0 unspecified atom stereocenters. The minimum Gasteiger partial charge on any atom is -0.462 e. The smallest absolute Gasteiger partial charge is 0.348 e. The molecule has 0 saturated carbocycles. The molecule has 0 saturated heterocycles. The van der Waals surface area contributed by atoms with Crippen LogP contribution in [0.4, 0.5) is 0 Å². The van der Waals surface area contributed by atoms with Crippen LogP contribution in [0.3, 0.4) is 0 Å². The van der Waals surface area contributed by atoms with Gasteiger partial charge in [-0.1, -0.05) is 44.2 Å². The first kappa shape index (κ1) is 14.9. The zero-order chi connectivity index (χ0) is 13.1. The van der Waals surface area contributed by atoms with E-state index in [9.17, 15) is 4.79 Å². The molecule has 0 aliphatic carbocycles. The standard InChI is InChI=1S/C12H11NO2.C2H6/c1-2-15-12(14)11(9-13)8-10-6-4-3-5-7-10;1-2/h3-8H,2H2,1H3;1-2H3/b11-8+;. The summed E-state index contributed by atoms with van der Waals surface area (Å²) in [4.78, 5) is 11.3. The van der Waals surface area contributed by atoms with E-state index in [1.807, 2.05) is 50.2 Å². The lowest BCUT2D eigenvalue weighted by Gasteiger charge is -1.99. The number of ether oxygens (including phenoxy) is 1. The van der Waals surface area contributed by atoms with E-state index >= 15 is 0 Å². The molecule has 0 aliphatic rings. The minimum atomic E-state index is -0.580. The number of esters is 1. The van der Waals surface area contributed by atoms with Crippen molar-refractivity contribution in [3.63, 3.8) is 0 Å². The molecule has 90 valence electrons. The minimum absolute atomic E-state index is 0.0167. The van der Waals surface area contributed by atoms with E-state index in [1.165, 1.54) is 6.08 Å². The highest BCUT2D eigenvalue weighted by Crippen LogP contribution is 2.07. The Morgan fingerprint density at radius 2 is 1.94 bits per heavy atom. The van der Waals surface area contributed by atoms with Gasteiger partial charge in [0.2, 0.25) is 0 Å². The highest BCUT2D eigenvalue weighted by Gasteiger charge is 2.08. The summed E-state index contributed by atoms with van der Waals surface area (Å²) in [6.07, 6.45) is 1.51. The van der Waals surface area contributed by atoms with Gasteiger partial charge in [-0.2, -0.15) is 5.26 Å². The molecule has 0 N–H and O–H groups in total. The van der Waals surface area contributed by atoms with E-state index in [4.69, 9.17) is 10.00 Å². The molecule has 0 atom stereocenters. The fourth-order valence-corrected chi connectivity index (χ4v) is 1.06. The number of carbonyl (C=O) groups excluding carboxylic acids is 1. The Bertz CT molecular complexity index is 402. The van der Waals surface area contributed by atoms with Crippen molar-refractivity contribution in [3.05, 3.63) is 41.5 Å². The van der Waals surface area contributed by atoms with Gasteiger partial charge in [-0.25, -0.2) is 4.79 Å². The van der Waals surface area contributed by atoms with E-state index in [-0.39, 0.29) is 12.2 Å². The Morgan fingerprint density at radius 3 is 2.41 bits per heavy atom. The maximum atomic E-state index is 11.3. The first-order valence-electron chi connectivity index (χ1n) is 5.62. The SMILES string of the molecule is CC.CCOC(=O)/C(C#N)=C/c1ccccc1. The third-order valence-electron chi connectivity index (χ3n) is 1.73. The van der Waals surface area contributed by atoms with E-state index in [0.717, 1.165) is 5.56 Å². The van der Waals surface area contributed by atoms with Gasteiger partial charge in [0.25, 0.3) is 0 Å². The lowest BCUT2D eigenvalue weighted by atomic mass is 10.1. The van der Waals surface area contributed by atoms with Crippen molar-refractivity contribution in [2.75, 3.05) is 6.61 Å². The topological polar surface area (TPSA) is 50.1 Å². The average molecular weight is 231 g/mol. The summed E-state index contributed by atoms with van der Waals surface area (Å²) in [5.41, 5.74) is 0.824. The van der Waals surface area contributed by atoms with Gasteiger partial charge >= 0.3 is 5.97 Å². The highest BCUT2D eigenvalue weighted by atomic mass is 16.5. The maximum absolute atomic E-state index is 11.3. The number of nitrogens with zero attached hydrogens (tertiary/aromatic N) is 1. The second-order valence-electron chi connectivity index (χ2n) is 2.80. The van der Waals surface area contributed by atoms with Crippen molar-refractivity contribution in [2.45, 2.75) is 20.8 Å². The number of carbonyl (C=O) groups is 1. The van der Waals surface area contributed by atoms with Crippen molar-refractivity contribution < 1.29 is 9.53 Å². The molecule has 0 radical (unpaired) electrons. The van der Waals surface area contributed by atoms with Crippen LogP contribution in [0.5, 0.6) is 0 Å². The quantitative estimate of drug-likeness (QED) is 0.456. The van der Waals surface area contributed by atoms with E-state index in [0.29, 0.717) is 0 Å². The van der Waals surface area contributed by atoms with Crippen LogP contribution in [-0.2, 0) is 9.53 Å². The third-order valence-corrected chi connectivity index (χ3v) is 1.73. The van der Waals surface area contributed by atoms with Crippen molar-refractivity contribution in [2.24, 2.45) is 0 Å². The monoisotopic (exact) mass is 231 g/mol. The Morgan fingerprint density at radius 1 is 1.35 bits per heavy atom. The number of nitriles is 1. The second kappa shape index (κ2) is 9.17. The molecule has 1 aromatic carbocycles. The Labute approximate surface area is 102 Å².